The lowest BCUT2D eigenvalue weighted by Crippen LogP contribution is -2.38. The van der Waals surface area contributed by atoms with Gasteiger partial charge < -0.3 is 11.1 Å². The summed E-state index contributed by atoms with van der Waals surface area (Å²) >= 11 is 5.00. The minimum absolute atomic E-state index is 0.466. The molecule has 132 valence electrons. The van der Waals surface area contributed by atoms with Crippen molar-refractivity contribution in [3.63, 3.8) is 0 Å². The monoisotopic (exact) mass is 328 g/mol. The molecule has 3 heteroatoms. The lowest BCUT2D eigenvalue weighted by atomic mass is 10.0. The summed E-state index contributed by atoms with van der Waals surface area (Å²) in [6, 6.07) is 0.498. The molecule has 3 N–H and O–H groups in total. The van der Waals surface area contributed by atoms with Gasteiger partial charge in [-0.1, -0.05) is 97.3 Å². The molecular weight excluding hydrogens is 288 g/mol. The Hall–Kier alpha value is -0.310. The largest absolute Gasteiger partial charge is 0.376 e. The normalized spacial score (nSPS) is 12.3. The molecule has 0 aliphatic rings. The first-order valence-electron chi connectivity index (χ1n) is 9.76. The molecule has 0 bridgehead atoms. The molecule has 0 aromatic carbocycles. The Labute approximate surface area is 145 Å². The van der Waals surface area contributed by atoms with Crippen LogP contribution in [0.15, 0.2) is 0 Å². The van der Waals surface area contributed by atoms with Crippen LogP contribution in [-0.4, -0.2) is 11.2 Å². The van der Waals surface area contributed by atoms with Crippen molar-refractivity contribution in [2.75, 3.05) is 0 Å². The van der Waals surface area contributed by atoms with E-state index in [1.807, 2.05) is 0 Å². The van der Waals surface area contributed by atoms with Crippen molar-refractivity contribution in [3.05, 3.63) is 0 Å². The Balaban J connectivity index is 3.48. The van der Waals surface area contributed by atoms with E-state index in [2.05, 4.69) is 19.2 Å². The smallest absolute Gasteiger partial charge is 0.163 e. The Morgan fingerprint density at radius 3 is 1.55 bits per heavy atom. The fraction of sp³-hybridized carbons (Fsp3) is 0.947. The SMILES string of the molecule is CCCCCCCCCCCCC(CCCCC)NC(N)=S. The van der Waals surface area contributed by atoms with E-state index in [0.717, 1.165) is 0 Å². The molecular formula is C19H40N2S. The fourth-order valence-corrected chi connectivity index (χ4v) is 3.18. The van der Waals surface area contributed by atoms with Crippen LogP contribution in [0.4, 0.5) is 0 Å². The molecule has 0 aliphatic carbocycles. The quantitative estimate of drug-likeness (QED) is 0.266. The van der Waals surface area contributed by atoms with Gasteiger partial charge in [-0.2, -0.15) is 0 Å². The minimum atomic E-state index is 0.466. The zero-order chi connectivity index (χ0) is 16.5. The summed E-state index contributed by atoms with van der Waals surface area (Å²) in [5, 5.41) is 3.75. The van der Waals surface area contributed by atoms with Gasteiger partial charge in [0.05, 0.1) is 0 Å². The van der Waals surface area contributed by atoms with Gasteiger partial charge in [-0.05, 0) is 25.1 Å². The Bertz CT molecular complexity index is 244. The molecule has 22 heavy (non-hydrogen) atoms. The first-order valence-corrected chi connectivity index (χ1v) is 10.2. The number of hydrogen-bond acceptors (Lipinski definition) is 1. The lowest BCUT2D eigenvalue weighted by Gasteiger charge is -2.18. The van der Waals surface area contributed by atoms with Gasteiger partial charge in [0.25, 0.3) is 0 Å². The molecule has 0 saturated carbocycles. The van der Waals surface area contributed by atoms with E-state index < -0.39 is 0 Å². The number of hydrogen-bond donors (Lipinski definition) is 2. The molecule has 0 heterocycles. The van der Waals surface area contributed by atoms with Crippen molar-refractivity contribution in [1.82, 2.24) is 5.32 Å². The second-order valence-electron chi connectivity index (χ2n) is 6.67. The molecule has 0 amide bonds. The average Bonchev–Trinajstić information content (AvgIpc) is 2.48. The van der Waals surface area contributed by atoms with E-state index in [1.54, 1.807) is 0 Å². The molecule has 0 spiro atoms. The van der Waals surface area contributed by atoms with Crippen molar-refractivity contribution in [2.24, 2.45) is 5.73 Å². The van der Waals surface area contributed by atoms with Gasteiger partial charge in [-0.3, -0.25) is 0 Å². The van der Waals surface area contributed by atoms with Gasteiger partial charge in [0.2, 0.25) is 0 Å². The standard InChI is InChI=1S/C19H40N2S/c1-3-5-7-8-9-10-11-12-13-15-17-18(21-19(20)22)16-14-6-4-2/h18H,3-17H2,1-2H3,(H3,20,21,22). The average molecular weight is 329 g/mol. The molecule has 0 saturated heterocycles. The van der Waals surface area contributed by atoms with Gasteiger partial charge in [0.15, 0.2) is 5.11 Å². The molecule has 0 aromatic heterocycles. The number of thiocarbonyl (C=S) groups is 1. The predicted molar refractivity (Wildman–Crippen MR) is 104 cm³/mol. The summed E-state index contributed by atoms with van der Waals surface area (Å²) in [4.78, 5) is 0. The maximum Gasteiger partial charge on any atom is 0.163 e. The van der Waals surface area contributed by atoms with E-state index in [9.17, 15) is 0 Å². The van der Waals surface area contributed by atoms with E-state index in [-0.39, 0.29) is 0 Å². The summed E-state index contributed by atoms with van der Waals surface area (Å²) in [5.41, 5.74) is 5.64. The number of unbranched alkanes of at least 4 members (excludes halogenated alkanes) is 11. The van der Waals surface area contributed by atoms with Crippen LogP contribution < -0.4 is 11.1 Å². The fourth-order valence-electron chi connectivity index (χ4n) is 3.01. The Morgan fingerprint density at radius 2 is 1.09 bits per heavy atom. The van der Waals surface area contributed by atoms with Gasteiger partial charge >= 0.3 is 0 Å². The third kappa shape index (κ3) is 16.1. The maximum atomic E-state index is 5.64. The van der Waals surface area contributed by atoms with Gasteiger partial charge in [-0.15, -0.1) is 0 Å². The van der Waals surface area contributed by atoms with E-state index in [1.165, 1.54) is 96.3 Å². The zero-order valence-corrected chi connectivity index (χ0v) is 16.0. The van der Waals surface area contributed by atoms with Crippen LogP contribution in [0.2, 0.25) is 0 Å². The van der Waals surface area contributed by atoms with Crippen molar-refractivity contribution < 1.29 is 0 Å². The van der Waals surface area contributed by atoms with Gasteiger partial charge in [-0.25, -0.2) is 0 Å². The van der Waals surface area contributed by atoms with Crippen LogP contribution in [-0.2, 0) is 0 Å². The molecule has 0 radical (unpaired) electrons. The topological polar surface area (TPSA) is 38.0 Å². The number of nitrogens with one attached hydrogen (secondary N) is 1. The van der Waals surface area contributed by atoms with Crippen LogP contribution in [0, 0.1) is 0 Å². The van der Waals surface area contributed by atoms with Crippen LogP contribution in [0.1, 0.15) is 110 Å². The molecule has 2 nitrogen and oxygen atoms in total. The highest BCUT2D eigenvalue weighted by molar-refractivity contribution is 7.80. The molecule has 0 rings (SSSR count). The minimum Gasteiger partial charge on any atom is -0.376 e. The molecule has 1 unspecified atom stereocenters. The van der Waals surface area contributed by atoms with Crippen LogP contribution in [0.25, 0.3) is 0 Å². The van der Waals surface area contributed by atoms with Crippen molar-refractivity contribution in [2.45, 2.75) is 116 Å². The van der Waals surface area contributed by atoms with Crippen molar-refractivity contribution in [3.8, 4) is 0 Å². The third-order valence-electron chi connectivity index (χ3n) is 4.41. The van der Waals surface area contributed by atoms with Crippen LogP contribution >= 0.6 is 12.2 Å². The van der Waals surface area contributed by atoms with Crippen LogP contribution in [0.3, 0.4) is 0 Å². The highest BCUT2D eigenvalue weighted by atomic mass is 32.1. The first kappa shape index (κ1) is 21.7. The van der Waals surface area contributed by atoms with E-state index in [0.29, 0.717) is 11.2 Å². The summed E-state index contributed by atoms with van der Waals surface area (Å²) in [5.74, 6) is 0. The first-order chi connectivity index (χ1) is 10.7. The number of nitrogens with two attached hydrogens (primary N) is 1. The van der Waals surface area contributed by atoms with Crippen molar-refractivity contribution >= 4 is 17.3 Å². The Kier molecular flexibility index (Phi) is 16.8. The summed E-state index contributed by atoms with van der Waals surface area (Å²) in [6.07, 6.45) is 20.3. The molecule has 0 aromatic rings. The van der Waals surface area contributed by atoms with Crippen LogP contribution in [0.5, 0.6) is 0 Å². The second-order valence-corrected chi connectivity index (χ2v) is 7.11. The van der Waals surface area contributed by atoms with Crippen molar-refractivity contribution in [1.29, 1.82) is 0 Å². The maximum absolute atomic E-state index is 5.64. The molecule has 0 fully saturated rings. The Morgan fingerprint density at radius 1 is 0.727 bits per heavy atom. The highest BCUT2D eigenvalue weighted by Crippen LogP contribution is 2.14. The van der Waals surface area contributed by atoms with E-state index in [4.69, 9.17) is 18.0 Å². The molecule has 0 aliphatic heterocycles. The summed E-state index contributed by atoms with van der Waals surface area (Å²) < 4.78 is 0. The lowest BCUT2D eigenvalue weighted by molar-refractivity contribution is 0.461. The third-order valence-corrected chi connectivity index (χ3v) is 4.53. The zero-order valence-electron chi connectivity index (χ0n) is 15.2. The summed E-state index contributed by atoms with van der Waals surface area (Å²) in [7, 11) is 0. The predicted octanol–water partition coefficient (Wildman–Crippen LogP) is 6.08. The number of rotatable bonds is 16. The molecule has 1 atom stereocenters. The highest BCUT2D eigenvalue weighted by Gasteiger charge is 2.08. The van der Waals surface area contributed by atoms with Gasteiger partial charge in [0, 0.05) is 6.04 Å². The second kappa shape index (κ2) is 17.1. The summed E-state index contributed by atoms with van der Waals surface area (Å²) in [6.45, 7) is 4.53. The van der Waals surface area contributed by atoms with Gasteiger partial charge in [0.1, 0.15) is 0 Å². The van der Waals surface area contributed by atoms with E-state index >= 15 is 0 Å².